The van der Waals surface area contributed by atoms with E-state index in [0.717, 1.165) is 37.7 Å². The number of allylic oxidation sites excluding steroid dienone is 3. The first-order valence-electron chi connectivity index (χ1n) is 12.4. The zero-order chi connectivity index (χ0) is 24.0. The zero-order valence-electron chi connectivity index (χ0n) is 20.3. The van der Waals surface area contributed by atoms with Crippen molar-refractivity contribution in [3.63, 3.8) is 0 Å². The van der Waals surface area contributed by atoms with Crippen LogP contribution in [0, 0.1) is 34.5 Å². The van der Waals surface area contributed by atoms with Gasteiger partial charge in [-0.25, -0.2) is 0 Å². The molecule has 0 amide bonds. The third-order valence-corrected chi connectivity index (χ3v) is 9.04. The Morgan fingerprint density at radius 2 is 1.88 bits per heavy atom. The van der Waals surface area contributed by atoms with Crippen LogP contribution in [0.15, 0.2) is 23.3 Å². The molecule has 2 fully saturated rings. The highest BCUT2D eigenvalue weighted by Gasteiger charge is 2.58. The first kappa shape index (κ1) is 23.9. The number of hydrogen-bond donors (Lipinski definition) is 0. The molecule has 4 aliphatic carbocycles. The predicted molar refractivity (Wildman–Crippen MR) is 122 cm³/mol. The van der Waals surface area contributed by atoms with Gasteiger partial charge in [0.2, 0.25) is 0 Å². The lowest BCUT2D eigenvalue weighted by Crippen LogP contribution is -2.48. The second-order valence-electron chi connectivity index (χ2n) is 10.8. The second-order valence-corrected chi connectivity index (χ2v) is 10.8. The number of rotatable bonds is 6. The Bertz CT molecular complexity index is 929. The largest absolute Gasteiger partial charge is 0.465 e. The maximum atomic E-state index is 13.0. The Labute approximate surface area is 196 Å². The number of carbonyl (C=O) groups is 4. The van der Waals surface area contributed by atoms with Gasteiger partial charge >= 0.3 is 11.9 Å². The smallest absolute Gasteiger partial charge is 0.305 e. The first-order valence-corrected chi connectivity index (χ1v) is 12.4. The topological polar surface area (TPSA) is 86.7 Å². The number of carbonyl (C=O) groups excluding carboxylic acids is 4. The molecule has 4 aliphatic rings. The lowest BCUT2D eigenvalue weighted by Gasteiger charge is -2.55. The van der Waals surface area contributed by atoms with Crippen molar-refractivity contribution in [2.75, 3.05) is 13.2 Å². The van der Waals surface area contributed by atoms with Crippen molar-refractivity contribution in [3.05, 3.63) is 23.3 Å². The fourth-order valence-corrected chi connectivity index (χ4v) is 7.33. The Kier molecular flexibility index (Phi) is 6.41. The van der Waals surface area contributed by atoms with Crippen LogP contribution in [0.25, 0.3) is 0 Å². The minimum absolute atomic E-state index is 0.0198. The summed E-state index contributed by atoms with van der Waals surface area (Å²) >= 11 is 0. The predicted octanol–water partition coefficient (Wildman–Crippen LogP) is 4.37. The molecule has 180 valence electrons. The van der Waals surface area contributed by atoms with Gasteiger partial charge in [0.05, 0.1) is 6.61 Å². The van der Waals surface area contributed by atoms with Crippen molar-refractivity contribution in [1.29, 1.82) is 0 Å². The second kappa shape index (κ2) is 8.84. The number of esters is 2. The number of ketones is 2. The normalized spacial score (nSPS) is 37.2. The van der Waals surface area contributed by atoms with Crippen LogP contribution in [-0.4, -0.2) is 36.7 Å². The zero-order valence-corrected chi connectivity index (χ0v) is 20.3. The summed E-state index contributed by atoms with van der Waals surface area (Å²) in [5.74, 6) is 0.0946. The van der Waals surface area contributed by atoms with Gasteiger partial charge in [-0.15, -0.1) is 0 Å². The SMILES string of the molecule is CCC(=O)OC[C@H]1C[C@@H]2C(=CC[C@]3(C)[C@@H](C(=O)COC(C)=O)CC[C@@H]23)[C@@]2(C)CCC(=O)C=C12. The summed E-state index contributed by atoms with van der Waals surface area (Å²) in [5.41, 5.74) is 2.17. The van der Waals surface area contributed by atoms with Crippen molar-refractivity contribution in [2.45, 2.75) is 72.6 Å². The summed E-state index contributed by atoms with van der Waals surface area (Å²) in [6, 6.07) is 0. The molecule has 0 N–H and O–H groups in total. The van der Waals surface area contributed by atoms with Gasteiger partial charge in [0.1, 0.15) is 6.61 Å². The summed E-state index contributed by atoms with van der Waals surface area (Å²) < 4.78 is 10.6. The van der Waals surface area contributed by atoms with E-state index in [9.17, 15) is 19.2 Å². The number of Topliss-reactive ketones (excluding diaryl/α,β-unsaturated/α-hetero) is 1. The van der Waals surface area contributed by atoms with Gasteiger partial charge in [-0.05, 0) is 55.4 Å². The molecule has 33 heavy (non-hydrogen) atoms. The molecule has 2 saturated carbocycles. The fraction of sp³-hybridized carbons (Fsp3) is 0.704. The van der Waals surface area contributed by atoms with Gasteiger partial charge in [0.15, 0.2) is 11.6 Å². The lowest BCUT2D eigenvalue weighted by atomic mass is 9.49. The summed E-state index contributed by atoms with van der Waals surface area (Å²) in [5, 5.41) is 0. The van der Waals surface area contributed by atoms with E-state index in [1.165, 1.54) is 12.5 Å². The van der Waals surface area contributed by atoms with Gasteiger partial charge < -0.3 is 9.47 Å². The van der Waals surface area contributed by atoms with E-state index in [1.54, 1.807) is 6.92 Å². The van der Waals surface area contributed by atoms with Crippen molar-refractivity contribution >= 4 is 23.5 Å². The van der Waals surface area contributed by atoms with Gasteiger partial charge in [-0.1, -0.05) is 38.0 Å². The fourth-order valence-electron chi connectivity index (χ4n) is 7.33. The van der Waals surface area contributed by atoms with Gasteiger partial charge in [-0.3, -0.25) is 19.2 Å². The Morgan fingerprint density at radius 3 is 2.58 bits per heavy atom. The highest BCUT2D eigenvalue weighted by Crippen LogP contribution is 2.65. The number of hydrogen-bond acceptors (Lipinski definition) is 6. The lowest BCUT2D eigenvalue weighted by molar-refractivity contribution is -0.148. The third-order valence-electron chi connectivity index (χ3n) is 9.04. The molecule has 0 aromatic carbocycles. The standard InChI is InChI=1S/C27H36O6/c1-5-25(31)33-14-17-12-19-20-6-7-22(24(30)15-32-16(2)28)26(20,3)11-9-21(19)27(4)10-8-18(29)13-23(17)27/h9,13,17,19-20,22H,5-8,10-12,14-15H2,1-4H3/t17-,19+,20+,22-,26+,27-/m1/s1. The molecule has 0 aliphatic heterocycles. The van der Waals surface area contributed by atoms with Crippen LogP contribution in [0.3, 0.4) is 0 Å². The van der Waals surface area contributed by atoms with Crippen LogP contribution in [0.2, 0.25) is 0 Å². The summed E-state index contributed by atoms with van der Waals surface area (Å²) in [6.45, 7) is 7.75. The van der Waals surface area contributed by atoms with Crippen molar-refractivity contribution in [3.8, 4) is 0 Å². The monoisotopic (exact) mass is 456 g/mol. The summed E-state index contributed by atoms with van der Waals surface area (Å²) in [7, 11) is 0. The molecule has 6 heteroatoms. The Hall–Kier alpha value is -2.24. The van der Waals surface area contributed by atoms with Crippen LogP contribution in [-0.2, 0) is 28.7 Å². The Morgan fingerprint density at radius 1 is 1.12 bits per heavy atom. The van der Waals surface area contributed by atoms with Crippen molar-refractivity contribution in [2.24, 2.45) is 34.5 Å². The molecular weight excluding hydrogens is 420 g/mol. The minimum atomic E-state index is -0.426. The molecule has 0 saturated heterocycles. The van der Waals surface area contributed by atoms with Crippen LogP contribution in [0.1, 0.15) is 72.6 Å². The maximum Gasteiger partial charge on any atom is 0.305 e. The molecule has 0 heterocycles. The maximum absolute atomic E-state index is 13.0. The van der Waals surface area contributed by atoms with Gasteiger partial charge in [0.25, 0.3) is 0 Å². The van der Waals surface area contributed by atoms with E-state index in [1.807, 2.05) is 6.08 Å². The minimum Gasteiger partial charge on any atom is -0.465 e. The van der Waals surface area contributed by atoms with Crippen molar-refractivity contribution in [1.82, 2.24) is 0 Å². The van der Waals surface area contributed by atoms with E-state index in [0.29, 0.717) is 31.3 Å². The molecule has 0 bridgehead atoms. The molecule has 0 aromatic rings. The average Bonchev–Trinajstić information content (AvgIpc) is 3.13. The van der Waals surface area contributed by atoms with E-state index in [2.05, 4.69) is 19.9 Å². The highest BCUT2D eigenvalue weighted by molar-refractivity contribution is 5.92. The summed E-state index contributed by atoms with van der Waals surface area (Å²) in [6.07, 6.45) is 9.26. The molecule has 0 spiro atoms. The highest BCUT2D eigenvalue weighted by atomic mass is 16.5. The first-order chi connectivity index (χ1) is 15.6. The summed E-state index contributed by atoms with van der Waals surface area (Å²) in [4.78, 5) is 48.4. The quantitative estimate of drug-likeness (QED) is 0.436. The van der Waals surface area contributed by atoms with Gasteiger partial charge in [-0.2, -0.15) is 0 Å². The van der Waals surface area contributed by atoms with Crippen molar-refractivity contribution < 1.29 is 28.7 Å². The van der Waals surface area contributed by atoms with Crippen LogP contribution in [0.4, 0.5) is 0 Å². The molecule has 0 aromatic heterocycles. The van der Waals surface area contributed by atoms with Crippen LogP contribution in [0.5, 0.6) is 0 Å². The van der Waals surface area contributed by atoms with Gasteiger partial charge in [0, 0.05) is 37.0 Å². The average molecular weight is 457 g/mol. The molecule has 0 unspecified atom stereocenters. The third kappa shape index (κ3) is 4.10. The Balaban J connectivity index is 1.65. The van der Waals surface area contributed by atoms with E-state index in [4.69, 9.17) is 9.47 Å². The molecule has 0 radical (unpaired) electrons. The molecule has 4 rings (SSSR count). The number of ether oxygens (including phenoxy) is 2. The molecule has 6 nitrogen and oxygen atoms in total. The van der Waals surface area contributed by atoms with Crippen LogP contribution >= 0.6 is 0 Å². The van der Waals surface area contributed by atoms with E-state index in [-0.39, 0.29) is 46.8 Å². The van der Waals surface area contributed by atoms with Crippen LogP contribution < -0.4 is 0 Å². The van der Waals surface area contributed by atoms with E-state index >= 15 is 0 Å². The molecular formula is C27H36O6. The molecule has 6 atom stereocenters. The number of fused-ring (bicyclic) bond motifs is 5. The van der Waals surface area contributed by atoms with E-state index < -0.39 is 5.97 Å².